The van der Waals surface area contributed by atoms with Crippen molar-refractivity contribution >= 4 is 23.2 Å². The highest BCUT2D eigenvalue weighted by Gasteiger charge is 2.37. The molecule has 3 heterocycles. The molecule has 1 aliphatic carbocycles. The number of allylic oxidation sites excluding steroid dienone is 2. The molecule has 2 aromatic carbocycles. The van der Waals surface area contributed by atoms with Gasteiger partial charge in [-0.2, -0.15) is 0 Å². The maximum atomic E-state index is 13.9. The minimum Gasteiger partial charge on any atom is -0.452 e. The summed E-state index contributed by atoms with van der Waals surface area (Å²) in [6.07, 6.45) is 11.7. The summed E-state index contributed by atoms with van der Waals surface area (Å²) in [6.45, 7) is 4.20. The van der Waals surface area contributed by atoms with Crippen LogP contribution in [-0.4, -0.2) is 11.6 Å². The Morgan fingerprint density at radius 2 is 1.41 bits per heavy atom. The molecule has 0 fully saturated rings. The number of hydrogen-bond acceptors (Lipinski definition) is 3. The molecule has 6 rings (SSSR count). The molecule has 4 heteroatoms. The SMILES string of the molecule is Cc1cc2c3c(c1C)OC1=C(CCCCCC3)C(=O)c3c(ccc(Cl)c3CCCCCC2)C1=O. The van der Waals surface area contributed by atoms with E-state index in [1.165, 1.54) is 16.7 Å². The topological polar surface area (TPSA) is 43.4 Å². The zero-order chi connectivity index (χ0) is 23.8. The van der Waals surface area contributed by atoms with Crippen LogP contribution in [0.3, 0.4) is 0 Å². The Balaban J connectivity index is 1.77. The van der Waals surface area contributed by atoms with E-state index >= 15 is 0 Å². The number of rotatable bonds is 0. The molecule has 0 atom stereocenters. The van der Waals surface area contributed by atoms with E-state index in [1.807, 2.05) is 0 Å². The van der Waals surface area contributed by atoms with Crippen LogP contribution in [0.15, 0.2) is 29.5 Å². The maximum absolute atomic E-state index is 13.9. The van der Waals surface area contributed by atoms with Gasteiger partial charge in [-0.05, 0) is 105 Å². The fraction of sp³-hybridized carbons (Fsp3) is 0.467. The summed E-state index contributed by atoms with van der Waals surface area (Å²) in [6, 6.07) is 5.81. The number of aryl methyl sites for hydroxylation is 2. The second kappa shape index (κ2) is 9.70. The molecule has 0 saturated carbocycles. The van der Waals surface area contributed by atoms with E-state index in [2.05, 4.69) is 19.9 Å². The fourth-order valence-corrected chi connectivity index (χ4v) is 6.09. The van der Waals surface area contributed by atoms with E-state index in [-0.39, 0.29) is 17.3 Å². The lowest BCUT2D eigenvalue weighted by Crippen LogP contribution is -2.27. The van der Waals surface area contributed by atoms with Crippen LogP contribution in [0, 0.1) is 13.8 Å². The number of halogens is 1. The number of Topliss-reactive ketones (excluding diaryl/α,β-unsaturated/α-hetero) is 2. The van der Waals surface area contributed by atoms with Gasteiger partial charge in [-0.1, -0.05) is 43.4 Å². The van der Waals surface area contributed by atoms with Crippen LogP contribution in [0.1, 0.15) is 106 Å². The molecule has 0 spiro atoms. The Labute approximate surface area is 207 Å². The third-order valence-electron chi connectivity index (χ3n) is 7.90. The molecular formula is C30H33ClO3. The molecule has 2 aromatic rings. The molecule has 0 radical (unpaired) electrons. The molecule has 3 nitrogen and oxygen atoms in total. The number of hydrogen-bond donors (Lipinski definition) is 0. The number of benzene rings is 2. The van der Waals surface area contributed by atoms with Crippen LogP contribution in [-0.2, 0) is 19.3 Å². The van der Waals surface area contributed by atoms with E-state index in [0.29, 0.717) is 28.1 Å². The van der Waals surface area contributed by atoms with Crippen LogP contribution in [0.4, 0.5) is 0 Å². The molecule has 0 saturated heterocycles. The highest BCUT2D eigenvalue weighted by molar-refractivity contribution is 6.34. The lowest BCUT2D eigenvalue weighted by atomic mass is 9.82. The van der Waals surface area contributed by atoms with Gasteiger partial charge in [0, 0.05) is 21.7 Å². The van der Waals surface area contributed by atoms with Gasteiger partial charge in [0.2, 0.25) is 5.78 Å². The average molecular weight is 477 g/mol. The number of carbonyl (C=O) groups is 2. The fourth-order valence-electron chi connectivity index (χ4n) is 5.84. The van der Waals surface area contributed by atoms with Gasteiger partial charge in [-0.25, -0.2) is 0 Å². The molecule has 178 valence electrons. The molecule has 34 heavy (non-hydrogen) atoms. The summed E-state index contributed by atoms with van der Waals surface area (Å²) < 4.78 is 6.60. The highest BCUT2D eigenvalue weighted by atomic mass is 35.5. The monoisotopic (exact) mass is 476 g/mol. The van der Waals surface area contributed by atoms with Crippen molar-refractivity contribution in [2.75, 3.05) is 0 Å². The molecule has 0 aromatic heterocycles. The first kappa shape index (κ1) is 23.4. The smallest absolute Gasteiger partial charge is 0.229 e. The van der Waals surface area contributed by atoms with Gasteiger partial charge in [-0.15, -0.1) is 0 Å². The third-order valence-corrected chi connectivity index (χ3v) is 8.25. The minimum absolute atomic E-state index is 0.0664. The van der Waals surface area contributed by atoms with Gasteiger partial charge < -0.3 is 4.74 Å². The molecule has 8 bridgehead atoms. The highest BCUT2D eigenvalue weighted by Crippen LogP contribution is 2.40. The molecule has 3 aliphatic heterocycles. The van der Waals surface area contributed by atoms with Crippen molar-refractivity contribution in [2.45, 2.75) is 90.9 Å². The van der Waals surface area contributed by atoms with Crippen molar-refractivity contribution < 1.29 is 14.3 Å². The van der Waals surface area contributed by atoms with Crippen LogP contribution < -0.4 is 4.74 Å². The van der Waals surface area contributed by atoms with E-state index < -0.39 is 0 Å². The van der Waals surface area contributed by atoms with E-state index in [1.54, 1.807) is 12.1 Å². The van der Waals surface area contributed by atoms with Crippen molar-refractivity contribution in [1.29, 1.82) is 0 Å². The molecule has 4 aliphatic rings. The van der Waals surface area contributed by atoms with Crippen molar-refractivity contribution in [3.05, 3.63) is 73.5 Å². The van der Waals surface area contributed by atoms with Gasteiger partial charge in [0.25, 0.3) is 0 Å². The Kier molecular flexibility index (Phi) is 6.66. The lowest BCUT2D eigenvalue weighted by Gasteiger charge is -2.26. The molecule has 0 N–H and O–H groups in total. The maximum Gasteiger partial charge on any atom is 0.229 e. The lowest BCUT2D eigenvalue weighted by molar-refractivity contribution is 0.0932. The Hall–Kier alpha value is -2.39. The van der Waals surface area contributed by atoms with Crippen molar-refractivity contribution in [3.8, 4) is 5.75 Å². The van der Waals surface area contributed by atoms with Crippen LogP contribution in [0.2, 0.25) is 5.02 Å². The largest absolute Gasteiger partial charge is 0.452 e. The van der Waals surface area contributed by atoms with Gasteiger partial charge >= 0.3 is 0 Å². The number of carbonyl (C=O) groups excluding carboxylic acids is 2. The second-order valence-electron chi connectivity index (χ2n) is 10.1. The van der Waals surface area contributed by atoms with Crippen LogP contribution >= 0.6 is 11.6 Å². The zero-order valence-electron chi connectivity index (χ0n) is 20.3. The van der Waals surface area contributed by atoms with E-state index in [9.17, 15) is 9.59 Å². The summed E-state index contributed by atoms with van der Waals surface area (Å²) in [7, 11) is 0. The summed E-state index contributed by atoms with van der Waals surface area (Å²) >= 11 is 6.60. The first-order valence-corrected chi connectivity index (χ1v) is 13.3. The van der Waals surface area contributed by atoms with Gasteiger partial charge in [-0.3, -0.25) is 9.59 Å². The van der Waals surface area contributed by atoms with Gasteiger partial charge in [0.15, 0.2) is 11.5 Å². The normalized spacial score (nSPS) is 19.0. The predicted octanol–water partition coefficient (Wildman–Crippen LogP) is 7.83. The zero-order valence-corrected chi connectivity index (χ0v) is 21.1. The van der Waals surface area contributed by atoms with Crippen LogP contribution in [0.25, 0.3) is 0 Å². The Morgan fingerprint density at radius 3 is 2.15 bits per heavy atom. The van der Waals surface area contributed by atoms with Crippen LogP contribution in [0.5, 0.6) is 5.75 Å². The molecular weight excluding hydrogens is 444 g/mol. The molecule has 0 unspecified atom stereocenters. The van der Waals surface area contributed by atoms with Gasteiger partial charge in [0.05, 0.1) is 0 Å². The predicted molar refractivity (Wildman–Crippen MR) is 136 cm³/mol. The summed E-state index contributed by atoms with van der Waals surface area (Å²) in [5, 5.41) is 0.589. The minimum atomic E-state index is -0.176. The second-order valence-corrected chi connectivity index (χ2v) is 10.5. The number of ether oxygens (including phenoxy) is 1. The van der Waals surface area contributed by atoms with E-state index in [0.717, 1.165) is 87.5 Å². The Bertz CT molecular complexity index is 1200. The Morgan fingerprint density at radius 1 is 0.765 bits per heavy atom. The average Bonchev–Trinajstić information content (AvgIpc) is 2.86. The van der Waals surface area contributed by atoms with Crippen molar-refractivity contribution in [1.82, 2.24) is 0 Å². The first-order valence-electron chi connectivity index (χ1n) is 12.9. The summed E-state index contributed by atoms with van der Waals surface area (Å²) in [4.78, 5) is 27.8. The van der Waals surface area contributed by atoms with Gasteiger partial charge in [0.1, 0.15) is 5.75 Å². The number of fused-ring (bicyclic) bond motifs is 5. The standard InChI is InChI=1S/C30H33ClO3/c1-18-17-20-11-7-3-4-9-13-22-25(31)16-15-23-26(22)27(32)24-14-10-6-5-8-12-21(20)29(19(18)2)34-30(24)28(23)33/h15-17H,3-14H2,1-2H3. The third kappa shape index (κ3) is 4.13. The molecule has 0 amide bonds. The van der Waals surface area contributed by atoms with E-state index in [4.69, 9.17) is 16.3 Å². The summed E-state index contributed by atoms with van der Waals surface area (Å²) in [5.41, 5.74) is 7.15. The van der Waals surface area contributed by atoms with Crippen molar-refractivity contribution in [2.24, 2.45) is 0 Å². The summed E-state index contributed by atoms with van der Waals surface area (Å²) in [5.74, 6) is 0.801. The first-order chi connectivity index (χ1) is 16.5. The number of ketones is 2. The quantitative estimate of drug-likeness (QED) is 0.389. The van der Waals surface area contributed by atoms with Crippen molar-refractivity contribution in [3.63, 3.8) is 0 Å².